The van der Waals surface area contributed by atoms with Crippen LogP contribution < -0.4 is 4.74 Å². The second kappa shape index (κ2) is 7.74. The first-order chi connectivity index (χ1) is 13.2. The summed E-state index contributed by atoms with van der Waals surface area (Å²) in [7, 11) is 1.54. The number of benzene rings is 1. The van der Waals surface area contributed by atoms with Crippen molar-refractivity contribution in [3.05, 3.63) is 66.0 Å². The molecular weight excluding hydrogens is 338 g/mol. The van der Waals surface area contributed by atoms with Crippen LogP contribution in [0.1, 0.15) is 28.8 Å². The zero-order valence-corrected chi connectivity index (χ0v) is 15.5. The number of pyridine rings is 2. The van der Waals surface area contributed by atoms with Crippen molar-refractivity contribution < 1.29 is 9.53 Å². The quantitative estimate of drug-likeness (QED) is 0.710. The molecule has 1 amide bonds. The number of amides is 1. The third-order valence-electron chi connectivity index (χ3n) is 5.27. The lowest BCUT2D eigenvalue weighted by Gasteiger charge is -2.32. The van der Waals surface area contributed by atoms with Gasteiger partial charge >= 0.3 is 0 Å². The number of piperidine rings is 1. The number of aromatic nitrogens is 2. The average molecular weight is 361 g/mol. The van der Waals surface area contributed by atoms with Gasteiger partial charge in [-0.15, -0.1) is 0 Å². The van der Waals surface area contributed by atoms with Gasteiger partial charge in [0.25, 0.3) is 5.91 Å². The van der Waals surface area contributed by atoms with Gasteiger partial charge in [-0.05, 0) is 55.0 Å². The molecule has 3 aromatic rings. The van der Waals surface area contributed by atoms with Crippen molar-refractivity contribution in [3.8, 4) is 5.88 Å². The van der Waals surface area contributed by atoms with Crippen LogP contribution in [0.4, 0.5) is 0 Å². The Morgan fingerprint density at radius 1 is 1.15 bits per heavy atom. The molecule has 0 N–H and O–H groups in total. The normalized spacial score (nSPS) is 15.1. The minimum atomic E-state index is 0.00534. The molecule has 1 aliphatic rings. The molecule has 1 fully saturated rings. The van der Waals surface area contributed by atoms with E-state index in [1.54, 1.807) is 25.4 Å². The highest BCUT2D eigenvalue weighted by Gasteiger charge is 2.26. The standard InChI is InChI=1S/C22H23N3O2/c1-27-21-19(6-4-10-23-21)22(26)25-11-8-16(9-12-25)13-17-14-18-5-2-3-7-20(18)24-15-17/h2-7,10,14-16H,8-9,11-13H2,1H3. The highest BCUT2D eigenvalue weighted by molar-refractivity contribution is 5.96. The molecule has 1 aromatic carbocycles. The molecule has 0 bridgehead atoms. The van der Waals surface area contributed by atoms with Crippen LogP contribution in [0.3, 0.4) is 0 Å². The van der Waals surface area contributed by atoms with Crippen molar-refractivity contribution in [2.45, 2.75) is 19.3 Å². The summed E-state index contributed by atoms with van der Waals surface area (Å²) in [5.41, 5.74) is 2.84. The van der Waals surface area contributed by atoms with E-state index in [-0.39, 0.29) is 5.91 Å². The number of rotatable bonds is 4. The summed E-state index contributed by atoms with van der Waals surface area (Å²) in [5, 5.41) is 1.19. The number of ether oxygens (including phenoxy) is 1. The number of carbonyl (C=O) groups is 1. The third-order valence-corrected chi connectivity index (χ3v) is 5.27. The molecule has 3 heterocycles. The monoisotopic (exact) mass is 361 g/mol. The van der Waals surface area contributed by atoms with Gasteiger partial charge < -0.3 is 9.64 Å². The molecule has 138 valence electrons. The number of nitrogens with zero attached hydrogens (tertiary/aromatic N) is 3. The Bertz CT molecular complexity index is 949. The van der Waals surface area contributed by atoms with Gasteiger partial charge in [0.1, 0.15) is 5.56 Å². The minimum absolute atomic E-state index is 0.00534. The number of likely N-dealkylation sites (tertiary alicyclic amines) is 1. The van der Waals surface area contributed by atoms with E-state index in [1.165, 1.54) is 10.9 Å². The molecule has 2 aromatic heterocycles. The van der Waals surface area contributed by atoms with E-state index >= 15 is 0 Å². The Labute approximate surface area is 159 Å². The fourth-order valence-corrected chi connectivity index (χ4v) is 3.79. The Balaban J connectivity index is 1.39. The highest BCUT2D eigenvalue weighted by Crippen LogP contribution is 2.25. The van der Waals surface area contributed by atoms with Crippen molar-refractivity contribution in [1.82, 2.24) is 14.9 Å². The van der Waals surface area contributed by atoms with Gasteiger partial charge in [-0.3, -0.25) is 9.78 Å². The number of fused-ring (bicyclic) bond motifs is 1. The molecule has 0 aliphatic carbocycles. The molecule has 0 atom stereocenters. The number of para-hydroxylation sites is 1. The molecule has 0 saturated carbocycles. The van der Waals surface area contributed by atoms with Gasteiger partial charge in [0.2, 0.25) is 5.88 Å². The number of carbonyl (C=O) groups excluding carboxylic acids is 1. The van der Waals surface area contributed by atoms with Gasteiger partial charge in [-0.2, -0.15) is 0 Å². The maximum Gasteiger partial charge on any atom is 0.259 e. The van der Waals surface area contributed by atoms with Gasteiger partial charge in [0, 0.05) is 30.9 Å². The Morgan fingerprint density at radius 2 is 1.96 bits per heavy atom. The number of hydrogen-bond acceptors (Lipinski definition) is 4. The molecular formula is C22H23N3O2. The molecule has 0 radical (unpaired) electrons. The number of hydrogen-bond donors (Lipinski definition) is 0. The van der Waals surface area contributed by atoms with Gasteiger partial charge in [-0.1, -0.05) is 18.2 Å². The molecule has 0 unspecified atom stereocenters. The van der Waals surface area contributed by atoms with Gasteiger partial charge in [-0.25, -0.2) is 4.98 Å². The summed E-state index contributed by atoms with van der Waals surface area (Å²) in [6, 6.07) is 14.0. The first-order valence-corrected chi connectivity index (χ1v) is 9.36. The maximum absolute atomic E-state index is 12.8. The van der Waals surface area contributed by atoms with E-state index in [2.05, 4.69) is 22.1 Å². The Kier molecular flexibility index (Phi) is 5.01. The van der Waals surface area contributed by atoms with Crippen molar-refractivity contribution in [2.75, 3.05) is 20.2 Å². The SMILES string of the molecule is COc1ncccc1C(=O)N1CCC(Cc2cnc3ccccc3c2)CC1. The first-order valence-electron chi connectivity index (χ1n) is 9.36. The lowest BCUT2D eigenvalue weighted by molar-refractivity contribution is 0.0686. The molecule has 4 rings (SSSR count). The molecule has 5 heteroatoms. The molecule has 27 heavy (non-hydrogen) atoms. The summed E-state index contributed by atoms with van der Waals surface area (Å²) in [4.78, 5) is 23.4. The minimum Gasteiger partial charge on any atom is -0.480 e. The van der Waals surface area contributed by atoms with Crippen LogP contribution in [0.15, 0.2) is 54.9 Å². The maximum atomic E-state index is 12.8. The number of methoxy groups -OCH3 is 1. The van der Waals surface area contributed by atoms with Crippen molar-refractivity contribution in [1.29, 1.82) is 0 Å². The van der Waals surface area contributed by atoms with E-state index in [9.17, 15) is 4.79 Å². The summed E-state index contributed by atoms with van der Waals surface area (Å²) in [5.74, 6) is 0.977. The van der Waals surface area contributed by atoms with Crippen LogP contribution in [-0.2, 0) is 6.42 Å². The second-order valence-corrected chi connectivity index (χ2v) is 7.04. The summed E-state index contributed by atoms with van der Waals surface area (Å²) in [6.45, 7) is 1.53. The fraction of sp³-hybridized carbons (Fsp3) is 0.318. The second-order valence-electron chi connectivity index (χ2n) is 7.04. The topological polar surface area (TPSA) is 55.3 Å². The van der Waals surface area contributed by atoms with E-state index in [4.69, 9.17) is 4.74 Å². The molecule has 1 saturated heterocycles. The molecule has 0 spiro atoms. The van der Waals surface area contributed by atoms with Crippen LogP contribution in [0.25, 0.3) is 10.9 Å². The molecule has 5 nitrogen and oxygen atoms in total. The average Bonchev–Trinajstić information content (AvgIpc) is 2.73. The smallest absolute Gasteiger partial charge is 0.259 e. The van der Waals surface area contributed by atoms with E-state index in [0.29, 0.717) is 17.4 Å². The van der Waals surface area contributed by atoms with Crippen LogP contribution in [0.2, 0.25) is 0 Å². The predicted octanol–water partition coefficient (Wildman–Crippen LogP) is 3.73. The molecule has 1 aliphatic heterocycles. The highest BCUT2D eigenvalue weighted by atomic mass is 16.5. The van der Waals surface area contributed by atoms with Crippen LogP contribution in [0.5, 0.6) is 5.88 Å². The predicted molar refractivity (Wildman–Crippen MR) is 105 cm³/mol. The van der Waals surface area contributed by atoms with Crippen molar-refractivity contribution in [3.63, 3.8) is 0 Å². The largest absolute Gasteiger partial charge is 0.480 e. The van der Waals surface area contributed by atoms with Crippen LogP contribution >= 0.6 is 0 Å². The van der Waals surface area contributed by atoms with Crippen molar-refractivity contribution in [2.24, 2.45) is 5.92 Å². The third kappa shape index (κ3) is 3.77. The van der Waals surface area contributed by atoms with E-state index in [1.807, 2.05) is 29.3 Å². The Morgan fingerprint density at radius 3 is 2.78 bits per heavy atom. The summed E-state index contributed by atoms with van der Waals surface area (Å²) >= 11 is 0. The van der Waals surface area contributed by atoms with Crippen LogP contribution in [-0.4, -0.2) is 41.0 Å². The van der Waals surface area contributed by atoms with Crippen LogP contribution in [0, 0.1) is 5.92 Å². The fourth-order valence-electron chi connectivity index (χ4n) is 3.79. The summed E-state index contributed by atoms with van der Waals surface area (Å²) in [6.07, 6.45) is 6.64. The lowest BCUT2D eigenvalue weighted by atomic mass is 9.90. The Hall–Kier alpha value is -2.95. The van der Waals surface area contributed by atoms with Crippen molar-refractivity contribution >= 4 is 16.8 Å². The van der Waals surface area contributed by atoms with E-state index < -0.39 is 0 Å². The van der Waals surface area contributed by atoms with Gasteiger partial charge in [0.15, 0.2) is 0 Å². The van der Waals surface area contributed by atoms with Gasteiger partial charge in [0.05, 0.1) is 12.6 Å². The van der Waals surface area contributed by atoms with E-state index in [0.717, 1.165) is 37.9 Å². The zero-order valence-electron chi connectivity index (χ0n) is 15.5. The summed E-state index contributed by atoms with van der Waals surface area (Å²) < 4.78 is 5.23. The first kappa shape index (κ1) is 17.5. The zero-order chi connectivity index (χ0) is 18.6. The lowest BCUT2D eigenvalue weighted by Crippen LogP contribution is -2.39.